The summed E-state index contributed by atoms with van der Waals surface area (Å²) in [6, 6.07) is 10.8. The largest absolute Gasteiger partial charge is 0.341 e. The van der Waals surface area contributed by atoms with E-state index in [0.29, 0.717) is 11.1 Å². The molecule has 2 rings (SSSR count). The molecule has 2 aromatic carbocycles. The van der Waals surface area contributed by atoms with Gasteiger partial charge in [-0.2, -0.15) is 0 Å². The summed E-state index contributed by atoms with van der Waals surface area (Å²) in [6.45, 7) is 0. The van der Waals surface area contributed by atoms with Gasteiger partial charge < -0.3 is 10.6 Å². The SMILES string of the molecule is CNC(=O)NC(c1ccc(F)cc1)c1ccc(F)cc1. The van der Waals surface area contributed by atoms with Gasteiger partial charge in [-0.05, 0) is 35.4 Å². The second-order valence-corrected chi connectivity index (χ2v) is 4.26. The Bertz CT molecular complexity index is 536. The quantitative estimate of drug-likeness (QED) is 0.889. The van der Waals surface area contributed by atoms with Crippen molar-refractivity contribution in [3.05, 3.63) is 71.3 Å². The molecule has 0 aromatic heterocycles. The van der Waals surface area contributed by atoms with Crippen molar-refractivity contribution in [3.63, 3.8) is 0 Å². The molecule has 2 N–H and O–H groups in total. The standard InChI is InChI=1S/C15H14F2N2O/c1-18-15(20)19-14(10-2-6-12(16)7-3-10)11-4-8-13(17)9-5-11/h2-9,14H,1H3,(H2,18,19,20). The van der Waals surface area contributed by atoms with Crippen LogP contribution in [0.15, 0.2) is 48.5 Å². The van der Waals surface area contributed by atoms with Crippen LogP contribution in [0.25, 0.3) is 0 Å². The molecule has 2 amide bonds. The minimum Gasteiger partial charge on any atom is -0.341 e. The molecule has 0 saturated heterocycles. The first-order valence-electron chi connectivity index (χ1n) is 6.09. The third kappa shape index (κ3) is 3.32. The van der Waals surface area contributed by atoms with Gasteiger partial charge >= 0.3 is 6.03 Å². The Hall–Kier alpha value is -2.43. The normalized spacial score (nSPS) is 10.4. The topological polar surface area (TPSA) is 41.1 Å². The molecule has 0 unspecified atom stereocenters. The lowest BCUT2D eigenvalue weighted by Gasteiger charge is -2.19. The molecule has 0 bridgehead atoms. The van der Waals surface area contributed by atoms with Crippen molar-refractivity contribution >= 4 is 6.03 Å². The van der Waals surface area contributed by atoms with E-state index in [9.17, 15) is 13.6 Å². The molecule has 0 saturated carbocycles. The van der Waals surface area contributed by atoms with Crippen LogP contribution in [0, 0.1) is 11.6 Å². The fourth-order valence-corrected chi connectivity index (χ4v) is 1.87. The second-order valence-electron chi connectivity index (χ2n) is 4.26. The van der Waals surface area contributed by atoms with Gasteiger partial charge in [-0.15, -0.1) is 0 Å². The van der Waals surface area contributed by atoms with Gasteiger partial charge in [0.05, 0.1) is 6.04 Å². The molecule has 0 fully saturated rings. The minimum absolute atomic E-state index is 0.355. The number of amides is 2. The Morgan fingerprint density at radius 3 is 1.65 bits per heavy atom. The maximum absolute atomic E-state index is 13.0. The molecule has 0 spiro atoms. The van der Waals surface area contributed by atoms with E-state index in [1.807, 2.05) is 0 Å². The number of rotatable bonds is 3. The lowest BCUT2D eigenvalue weighted by atomic mass is 9.99. The van der Waals surface area contributed by atoms with E-state index >= 15 is 0 Å². The molecule has 0 radical (unpaired) electrons. The molecular formula is C15H14F2N2O. The van der Waals surface area contributed by atoms with Crippen molar-refractivity contribution in [2.75, 3.05) is 7.05 Å². The smallest absolute Gasteiger partial charge is 0.315 e. The van der Waals surface area contributed by atoms with Gasteiger partial charge in [-0.3, -0.25) is 0 Å². The maximum atomic E-state index is 13.0. The van der Waals surface area contributed by atoms with Crippen LogP contribution < -0.4 is 10.6 Å². The monoisotopic (exact) mass is 276 g/mol. The molecule has 5 heteroatoms. The van der Waals surface area contributed by atoms with E-state index < -0.39 is 6.04 Å². The fraction of sp³-hybridized carbons (Fsp3) is 0.133. The fourth-order valence-electron chi connectivity index (χ4n) is 1.87. The number of hydrogen-bond donors (Lipinski definition) is 2. The average molecular weight is 276 g/mol. The van der Waals surface area contributed by atoms with Crippen LogP contribution in [0.2, 0.25) is 0 Å². The molecule has 0 heterocycles. The lowest BCUT2D eigenvalue weighted by Crippen LogP contribution is -2.36. The van der Waals surface area contributed by atoms with E-state index in [1.165, 1.54) is 31.3 Å². The number of carbonyl (C=O) groups excluding carboxylic acids is 1. The van der Waals surface area contributed by atoms with Crippen molar-refractivity contribution in [1.29, 1.82) is 0 Å². The lowest BCUT2D eigenvalue weighted by molar-refractivity contribution is 0.240. The minimum atomic E-state index is -0.476. The van der Waals surface area contributed by atoms with E-state index in [0.717, 1.165) is 0 Å². The van der Waals surface area contributed by atoms with E-state index in [1.54, 1.807) is 24.3 Å². The van der Waals surface area contributed by atoms with Gasteiger partial charge in [-0.25, -0.2) is 13.6 Å². The molecule has 20 heavy (non-hydrogen) atoms. The molecule has 3 nitrogen and oxygen atoms in total. The average Bonchev–Trinajstić information content (AvgIpc) is 2.46. The number of hydrogen-bond acceptors (Lipinski definition) is 1. The zero-order chi connectivity index (χ0) is 14.5. The highest BCUT2D eigenvalue weighted by Gasteiger charge is 2.16. The van der Waals surface area contributed by atoms with Crippen LogP contribution in [0.3, 0.4) is 0 Å². The summed E-state index contributed by atoms with van der Waals surface area (Å²) >= 11 is 0. The first-order valence-corrected chi connectivity index (χ1v) is 6.09. The summed E-state index contributed by atoms with van der Waals surface area (Å²) < 4.78 is 26.0. The van der Waals surface area contributed by atoms with E-state index in [2.05, 4.69) is 10.6 Å². The van der Waals surface area contributed by atoms with Crippen molar-refractivity contribution in [2.24, 2.45) is 0 Å². The Morgan fingerprint density at radius 1 is 0.900 bits per heavy atom. The summed E-state index contributed by atoms with van der Waals surface area (Å²) in [5.74, 6) is -0.710. The summed E-state index contributed by atoms with van der Waals surface area (Å²) in [5.41, 5.74) is 1.42. The summed E-state index contributed by atoms with van der Waals surface area (Å²) in [7, 11) is 1.50. The van der Waals surface area contributed by atoms with Crippen molar-refractivity contribution < 1.29 is 13.6 Å². The van der Waals surface area contributed by atoms with Crippen LogP contribution in [-0.2, 0) is 0 Å². The van der Waals surface area contributed by atoms with Crippen LogP contribution >= 0.6 is 0 Å². The predicted molar refractivity (Wildman–Crippen MR) is 72.2 cm³/mol. The summed E-state index contributed by atoms with van der Waals surface area (Å²) in [5, 5.41) is 5.20. The first kappa shape index (κ1) is 14.0. The first-order chi connectivity index (χ1) is 9.60. The van der Waals surface area contributed by atoms with Crippen molar-refractivity contribution in [2.45, 2.75) is 6.04 Å². The van der Waals surface area contributed by atoms with Gasteiger partial charge in [0.25, 0.3) is 0 Å². The van der Waals surface area contributed by atoms with Crippen LogP contribution in [0.1, 0.15) is 17.2 Å². The number of benzene rings is 2. The summed E-state index contributed by atoms with van der Waals surface area (Å²) in [4.78, 5) is 11.5. The van der Waals surface area contributed by atoms with Gasteiger partial charge in [0.1, 0.15) is 11.6 Å². The number of halogens is 2. The molecule has 0 aliphatic rings. The Kier molecular flexibility index (Phi) is 4.30. The van der Waals surface area contributed by atoms with Crippen LogP contribution in [0.5, 0.6) is 0 Å². The summed E-state index contributed by atoms with van der Waals surface area (Å²) in [6.07, 6.45) is 0. The maximum Gasteiger partial charge on any atom is 0.315 e. The number of carbonyl (C=O) groups is 1. The number of nitrogens with one attached hydrogen (secondary N) is 2. The molecule has 0 aliphatic carbocycles. The molecule has 0 atom stereocenters. The van der Waals surface area contributed by atoms with Crippen LogP contribution in [0.4, 0.5) is 13.6 Å². The van der Waals surface area contributed by atoms with Gasteiger partial charge in [-0.1, -0.05) is 24.3 Å². The zero-order valence-corrected chi connectivity index (χ0v) is 10.9. The van der Waals surface area contributed by atoms with Gasteiger partial charge in [0.2, 0.25) is 0 Å². The second kappa shape index (κ2) is 6.14. The van der Waals surface area contributed by atoms with Gasteiger partial charge in [0.15, 0.2) is 0 Å². The highest BCUT2D eigenvalue weighted by atomic mass is 19.1. The van der Waals surface area contributed by atoms with E-state index in [4.69, 9.17) is 0 Å². The van der Waals surface area contributed by atoms with E-state index in [-0.39, 0.29) is 17.7 Å². The zero-order valence-electron chi connectivity index (χ0n) is 10.9. The molecule has 2 aromatic rings. The Balaban J connectivity index is 2.35. The Morgan fingerprint density at radius 2 is 1.30 bits per heavy atom. The Labute approximate surface area is 115 Å². The van der Waals surface area contributed by atoms with Crippen molar-refractivity contribution in [1.82, 2.24) is 10.6 Å². The molecular weight excluding hydrogens is 262 g/mol. The molecule has 0 aliphatic heterocycles. The predicted octanol–water partition coefficient (Wildman–Crippen LogP) is 2.98. The van der Waals surface area contributed by atoms with Crippen molar-refractivity contribution in [3.8, 4) is 0 Å². The van der Waals surface area contributed by atoms with Gasteiger partial charge in [0, 0.05) is 7.05 Å². The molecule has 104 valence electrons. The highest BCUT2D eigenvalue weighted by Crippen LogP contribution is 2.22. The third-order valence-corrected chi connectivity index (χ3v) is 2.91. The third-order valence-electron chi connectivity index (χ3n) is 2.91. The highest BCUT2D eigenvalue weighted by molar-refractivity contribution is 5.74. The van der Waals surface area contributed by atoms with Crippen LogP contribution in [-0.4, -0.2) is 13.1 Å². The number of urea groups is 1.